The number of nitrogens with one attached hydrogen (secondary N) is 1. The van der Waals surface area contributed by atoms with Crippen LogP contribution in [0.4, 0.5) is 19.2 Å². The molecule has 6 rings (SSSR count). The number of aromatic nitrogens is 2. The second kappa shape index (κ2) is 26.0. The number of fused-ring (bicyclic) bond motifs is 2. The zero-order valence-corrected chi connectivity index (χ0v) is 51.6. The summed E-state index contributed by atoms with van der Waals surface area (Å²) in [4.78, 5) is 87.2. The van der Waals surface area contributed by atoms with Crippen LogP contribution in [0.15, 0.2) is 69.6 Å². The van der Waals surface area contributed by atoms with Gasteiger partial charge in [-0.25, -0.2) is 34.0 Å². The van der Waals surface area contributed by atoms with Gasteiger partial charge in [0.15, 0.2) is 5.54 Å². The van der Waals surface area contributed by atoms with E-state index >= 15 is 0 Å². The van der Waals surface area contributed by atoms with Crippen LogP contribution in [0.1, 0.15) is 160 Å². The van der Waals surface area contributed by atoms with Gasteiger partial charge in [0.1, 0.15) is 27.9 Å². The molecule has 0 spiro atoms. The van der Waals surface area contributed by atoms with E-state index in [1.54, 1.807) is 96.9 Å². The fourth-order valence-corrected chi connectivity index (χ4v) is 8.73. The maximum Gasteiger partial charge on any atom is 0.430 e. The summed E-state index contributed by atoms with van der Waals surface area (Å²) in [6, 6.07) is 19.2. The number of carbonyl (C=O) groups excluding carboxylic acids is 6. The summed E-state index contributed by atoms with van der Waals surface area (Å²) >= 11 is 6.89. The summed E-state index contributed by atoms with van der Waals surface area (Å²) < 4.78 is 28.8. The molecule has 2 aromatic heterocycles. The van der Waals surface area contributed by atoms with Crippen LogP contribution in [0.2, 0.25) is 0 Å². The van der Waals surface area contributed by atoms with Crippen molar-refractivity contribution in [1.29, 1.82) is 0 Å². The monoisotopic (exact) mass is 1220 g/mol. The third-order valence-corrected chi connectivity index (χ3v) is 12.5. The molecule has 3 N–H and O–H groups in total. The summed E-state index contributed by atoms with van der Waals surface area (Å²) in [7, 11) is 1.24. The Kier molecular flexibility index (Phi) is 22.2. The number of rotatable bonds is 5. The van der Waals surface area contributed by atoms with Gasteiger partial charge in [-0.05, 0) is 173 Å². The summed E-state index contributed by atoms with van der Waals surface area (Å²) in [6.07, 6.45) is -1.33. The Balaban J connectivity index is 0.000000335. The van der Waals surface area contributed by atoms with Gasteiger partial charge >= 0.3 is 30.3 Å². The number of halogens is 3. The van der Waals surface area contributed by atoms with E-state index in [1.165, 1.54) is 12.1 Å². The van der Waals surface area contributed by atoms with Gasteiger partial charge in [0.25, 0.3) is 0 Å². The standard InChI is InChI=1S/C27H37BrN4O5.C17H30N2O6.C11H11BrN2.ClH/c1-17(20-13-11-18-10-12-19(28)16-21(18)30-20)29-22(33)27(8)14-9-15-31(23(34)36-25(2,3)4)32(27)24(35)37-26(5,6)7;1-15(2,3)24-13(21)18-11-9-10-17(7,12(20)23-8)19(18)14(22)25-16(4,5)6;1-7(13)10-5-3-8-2-4-9(12)6-11(8)14-10;/h10-13,16-17H,9,14-15H2,1-8H3,(H,29,33);9-11H2,1-8H3;2-7H,13H2,1H3;1H/t17-,27?;;7-;/m1.1./s1. The lowest BCUT2D eigenvalue weighted by atomic mass is 9.91. The molecule has 2 saturated heterocycles. The van der Waals surface area contributed by atoms with E-state index in [0.29, 0.717) is 31.4 Å². The zero-order chi connectivity index (χ0) is 57.5. The van der Waals surface area contributed by atoms with Gasteiger partial charge in [0, 0.05) is 38.8 Å². The highest BCUT2D eigenvalue weighted by Gasteiger charge is 2.54. The first-order valence-corrected chi connectivity index (χ1v) is 26.8. The number of hydrogen-bond donors (Lipinski definition) is 2. The number of amides is 5. The molecule has 2 unspecified atom stereocenters. The Morgan fingerprint density at radius 3 is 1.32 bits per heavy atom. The van der Waals surface area contributed by atoms with Crippen molar-refractivity contribution in [1.82, 2.24) is 35.3 Å². The smallest absolute Gasteiger partial charge is 0.430 e. The number of benzene rings is 2. The number of ether oxygens (including phenoxy) is 5. The van der Waals surface area contributed by atoms with Crippen molar-refractivity contribution in [3.63, 3.8) is 0 Å². The van der Waals surface area contributed by atoms with Crippen molar-refractivity contribution in [3.8, 4) is 0 Å². The number of nitrogens with zero attached hydrogens (tertiary/aromatic N) is 6. The number of hydrazine groups is 2. The van der Waals surface area contributed by atoms with Crippen LogP contribution in [0, 0.1) is 0 Å². The second-order valence-corrected chi connectivity index (χ2v) is 25.0. The summed E-state index contributed by atoms with van der Waals surface area (Å²) in [5.74, 6) is -1.04. The Bertz CT molecular complexity index is 2760. The highest BCUT2D eigenvalue weighted by Crippen LogP contribution is 2.35. The van der Waals surface area contributed by atoms with Crippen LogP contribution < -0.4 is 11.1 Å². The molecule has 2 aromatic carbocycles. The quantitative estimate of drug-likeness (QED) is 0.140. The van der Waals surface area contributed by atoms with Gasteiger partial charge < -0.3 is 34.7 Å². The van der Waals surface area contributed by atoms with Crippen molar-refractivity contribution >= 4 is 102 Å². The number of methoxy groups -OCH3 is 1. The van der Waals surface area contributed by atoms with Crippen molar-refractivity contribution < 1.29 is 52.5 Å². The summed E-state index contributed by atoms with van der Waals surface area (Å²) in [6.45, 7) is 28.2. The van der Waals surface area contributed by atoms with Crippen LogP contribution in [0.25, 0.3) is 21.8 Å². The maximum atomic E-state index is 13.8. The molecule has 2 fully saturated rings. The van der Waals surface area contributed by atoms with Crippen molar-refractivity contribution in [3.05, 3.63) is 81.0 Å². The molecular weight excluding hydrogens is 1140 g/mol. The fraction of sp³-hybridized carbons (Fsp3) is 0.564. The minimum Gasteiger partial charge on any atom is -0.467 e. The third-order valence-electron chi connectivity index (χ3n) is 11.5. The number of esters is 1. The van der Waals surface area contributed by atoms with E-state index in [1.807, 2.05) is 74.5 Å². The molecule has 2 aliphatic rings. The van der Waals surface area contributed by atoms with Gasteiger partial charge in [-0.15, -0.1) is 12.4 Å². The Morgan fingerprint density at radius 1 is 0.584 bits per heavy atom. The lowest BCUT2D eigenvalue weighted by Crippen LogP contribution is -2.69. The highest BCUT2D eigenvalue weighted by molar-refractivity contribution is 9.10. The predicted octanol–water partition coefficient (Wildman–Crippen LogP) is 12.7. The summed E-state index contributed by atoms with van der Waals surface area (Å²) in [5, 5.41) is 9.56. The van der Waals surface area contributed by atoms with Gasteiger partial charge in [-0.3, -0.25) is 14.8 Å². The lowest BCUT2D eigenvalue weighted by Gasteiger charge is -2.49. The van der Waals surface area contributed by atoms with E-state index in [4.69, 9.17) is 34.4 Å². The molecule has 2 aliphatic heterocycles. The van der Waals surface area contributed by atoms with Gasteiger partial charge in [-0.2, -0.15) is 10.0 Å². The molecule has 77 heavy (non-hydrogen) atoms. The molecule has 4 aromatic rings. The number of nitrogens with two attached hydrogens (primary N) is 1. The topological polar surface area (TPSA) is 225 Å². The third kappa shape index (κ3) is 18.3. The molecule has 19 nitrogen and oxygen atoms in total. The zero-order valence-electron chi connectivity index (χ0n) is 47.6. The highest BCUT2D eigenvalue weighted by atomic mass is 79.9. The molecule has 426 valence electrons. The SMILES string of the molecule is COC(=O)C1(C)CCCN(C(=O)OC(C)(C)C)N1C(=O)OC(C)(C)C.C[C@@H](N)c1ccc2ccc(Br)cc2n1.C[C@@H](NC(=O)C1(C)CCCN(C(=O)OC(C)(C)C)N1C(=O)OC(C)(C)C)c1ccc2ccc(Br)cc2n1.Cl. The van der Waals surface area contributed by atoms with Crippen molar-refractivity contribution in [2.24, 2.45) is 5.73 Å². The van der Waals surface area contributed by atoms with Crippen LogP contribution in [-0.4, -0.2) is 120 Å². The molecule has 22 heteroatoms. The number of hydrogen-bond acceptors (Lipinski definition) is 14. The number of carbonyl (C=O) groups is 6. The first-order valence-electron chi connectivity index (χ1n) is 25.2. The lowest BCUT2D eigenvalue weighted by molar-refractivity contribution is -0.174. The largest absolute Gasteiger partial charge is 0.467 e. The second-order valence-electron chi connectivity index (χ2n) is 23.2. The average molecular weight is 1220 g/mol. The molecule has 0 radical (unpaired) electrons. The predicted molar refractivity (Wildman–Crippen MR) is 305 cm³/mol. The number of pyridine rings is 2. The van der Waals surface area contributed by atoms with Gasteiger partial charge in [-0.1, -0.05) is 56.1 Å². The Morgan fingerprint density at radius 2 is 0.935 bits per heavy atom. The summed E-state index contributed by atoms with van der Waals surface area (Å²) in [5.41, 5.74) is 3.25. The van der Waals surface area contributed by atoms with Crippen LogP contribution in [0.5, 0.6) is 0 Å². The van der Waals surface area contributed by atoms with E-state index in [2.05, 4.69) is 42.2 Å². The van der Waals surface area contributed by atoms with Crippen LogP contribution >= 0.6 is 44.3 Å². The average Bonchev–Trinajstić information content (AvgIpc) is 3.28. The van der Waals surface area contributed by atoms with E-state index < -0.39 is 75.8 Å². The van der Waals surface area contributed by atoms with E-state index in [-0.39, 0.29) is 31.5 Å². The first kappa shape index (κ1) is 65.8. The van der Waals surface area contributed by atoms with Gasteiger partial charge in [0.2, 0.25) is 5.91 Å². The van der Waals surface area contributed by atoms with Crippen LogP contribution in [0.3, 0.4) is 0 Å². The molecule has 0 aliphatic carbocycles. The van der Waals surface area contributed by atoms with E-state index in [9.17, 15) is 28.8 Å². The first-order chi connectivity index (χ1) is 34.9. The maximum absolute atomic E-state index is 13.8. The molecule has 5 amide bonds. The van der Waals surface area contributed by atoms with E-state index in [0.717, 1.165) is 51.5 Å². The molecule has 0 bridgehead atoms. The molecule has 4 heterocycles. The van der Waals surface area contributed by atoms with Gasteiger partial charge in [0.05, 0.1) is 35.6 Å². The Hall–Kier alpha value is -5.51. The minimum atomic E-state index is -1.40. The van der Waals surface area contributed by atoms with Crippen molar-refractivity contribution in [2.75, 3.05) is 20.2 Å². The molecule has 0 saturated carbocycles. The Labute approximate surface area is 476 Å². The van der Waals surface area contributed by atoms with Crippen LogP contribution in [-0.2, 0) is 33.3 Å². The minimum absolute atomic E-state index is 0. The molecule has 4 atom stereocenters. The fourth-order valence-electron chi connectivity index (χ4n) is 8.03. The molecular formula is C55H79Br2ClN8O11. The normalized spacial score (nSPS) is 18.7. The van der Waals surface area contributed by atoms with Crippen molar-refractivity contribution in [2.45, 2.75) is 182 Å².